The number of aromatic nitrogens is 3. The van der Waals surface area contributed by atoms with Crippen molar-refractivity contribution in [3.8, 4) is 0 Å². The topological polar surface area (TPSA) is 58.3 Å². The van der Waals surface area contributed by atoms with E-state index in [0.717, 1.165) is 42.1 Å². The molecule has 22 heavy (non-hydrogen) atoms. The number of piperazine rings is 1. The van der Waals surface area contributed by atoms with Crippen LogP contribution in [0.5, 0.6) is 0 Å². The molecule has 1 aliphatic heterocycles. The second-order valence-electron chi connectivity index (χ2n) is 5.10. The molecule has 1 fully saturated rings. The van der Waals surface area contributed by atoms with Crippen molar-refractivity contribution in [1.29, 1.82) is 0 Å². The van der Waals surface area contributed by atoms with Gasteiger partial charge in [0.2, 0.25) is 0 Å². The van der Waals surface area contributed by atoms with Crippen LogP contribution in [0.3, 0.4) is 0 Å². The Hall–Kier alpha value is -2.12. The van der Waals surface area contributed by atoms with Crippen molar-refractivity contribution in [3.63, 3.8) is 0 Å². The zero-order chi connectivity index (χ0) is 14.8. The zero-order valence-corrected chi connectivity index (χ0v) is 12.7. The van der Waals surface area contributed by atoms with Crippen LogP contribution < -0.4 is 4.90 Å². The van der Waals surface area contributed by atoms with E-state index in [2.05, 4.69) is 42.7 Å². The molecule has 1 saturated heterocycles. The smallest absolute Gasteiger partial charge is 0.150 e. The van der Waals surface area contributed by atoms with E-state index in [1.54, 1.807) is 11.9 Å². The molecular weight excluding hydrogens is 298 g/mol. The normalized spacial score (nSPS) is 16.3. The van der Waals surface area contributed by atoms with Gasteiger partial charge in [-0.15, -0.1) is 0 Å². The van der Waals surface area contributed by atoms with Crippen molar-refractivity contribution < 1.29 is 4.63 Å². The molecule has 3 aromatic rings. The molecule has 0 aliphatic carbocycles. The highest BCUT2D eigenvalue weighted by molar-refractivity contribution is 7.97. The monoisotopic (exact) mass is 313 g/mol. The van der Waals surface area contributed by atoms with Crippen LogP contribution in [0.15, 0.2) is 52.3 Å². The van der Waals surface area contributed by atoms with Crippen LogP contribution >= 0.6 is 11.9 Å². The first-order valence-electron chi connectivity index (χ1n) is 7.19. The van der Waals surface area contributed by atoms with E-state index >= 15 is 0 Å². The lowest BCUT2D eigenvalue weighted by molar-refractivity contribution is 0.315. The highest BCUT2D eigenvalue weighted by Gasteiger charge is 2.19. The van der Waals surface area contributed by atoms with Crippen molar-refractivity contribution in [2.45, 2.75) is 4.90 Å². The highest BCUT2D eigenvalue weighted by atomic mass is 32.2. The lowest BCUT2D eigenvalue weighted by Gasteiger charge is -2.35. The van der Waals surface area contributed by atoms with Gasteiger partial charge in [-0.1, -0.05) is 6.07 Å². The fraction of sp³-hybridized carbons (Fsp3) is 0.267. The van der Waals surface area contributed by atoms with Gasteiger partial charge in [0.1, 0.15) is 11.0 Å². The lowest BCUT2D eigenvalue weighted by atomic mass is 10.3. The molecule has 1 aromatic carbocycles. The van der Waals surface area contributed by atoms with Gasteiger partial charge in [0, 0.05) is 44.3 Å². The molecule has 6 nitrogen and oxygen atoms in total. The third-order valence-corrected chi connectivity index (χ3v) is 4.89. The molecule has 7 heteroatoms. The Morgan fingerprint density at radius 3 is 2.59 bits per heavy atom. The minimum atomic E-state index is 0.806. The van der Waals surface area contributed by atoms with Crippen LogP contribution in [0.4, 0.5) is 5.69 Å². The summed E-state index contributed by atoms with van der Waals surface area (Å²) >= 11 is 1.73. The molecule has 0 bridgehead atoms. The second-order valence-corrected chi connectivity index (χ2v) is 6.24. The molecule has 0 N–H and O–H groups in total. The summed E-state index contributed by atoms with van der Waals surface area (Å²) in [5.74, 6) is 0. The van der Waals surface area contributed by atoms with Gasteiger partial charge in [-0.05, 0) is 46.5 Å². The van der Waals surface area contributed by atoms with E-state index < -0.39 is 0 Å². The van der Waals surface area contributed by atoms with Gasteiger partial charge in [-0.3, -0.25) is 4.98 Å². The molecule has 0 atom stereocenters. The van der Waals surface area contributed by atoms with Crippen LogP contribution in [-0.2, 0) is 0 Å². The fourth-order valence-electron chi connectivity index (χ4n) is 2.59. The van der Waals surface area contributed by atoms with Crippen LogP contribution in [-0.4, -0.2) is 45.8 Å². The quantitative estimate of drug-likeness (QED) is 0.688. The predicted octanol–water partition coefficient (Wildman–Crippen LogP) is 2.45. The first-order chi connectivity index (χ1) is 10.9. The van der Waals surface area contributed by atoms with E-state index in [-0.39, 0.29) is 0 Å². The molecule has 3 heterocycles. The summed E-state index contributed by atoms with van der Waals surface area (Å²) in [5.41, 5.74) is 2.88. The molecule has 0 radical (unpaired) electrons. The summed E-state index contributed by atoms with van der Waals surface area (Å²) in [5, 5.41) is 7.89. The average molecular weight is 313 g/mol. The fourth-order valence-corrected chi connectivity index (χ4v) is 3.58. The van der Waals surface area contributed by atoms with E-state index in [1.165, 1.54) is 5.69 Å². The summed E-state index contributed by atoms with van der Waals surface area (Å²) < 4.78 is 7.19. The number of fused-ring (bicyclic) bond motifs is 1. The van der Waals surface area contributed by atoms with Gasteiger partial charge in [0.15, 0.2) is 0 Å². The van der Waals surface area contributed by atoms with Gasteiger partial charge < -0.3 is 4.90 Å². The molecule has 112 valence electrons. The third kappa shape index (κ3) is 2.65. The Balaban J connectivity index is 1.43. The second kappa shape index (κ2) is 5.94. The predicted molar refractivity (Wildman–Crippen MR) is 85.7 cm³/mol. The van der Waals surface area contributed by atoms with Gasteiger partial charge in [-0.25, -0.2) is 8.93 Å². The van der Waals surface area contributed by atoms with Crippen molar-refractivity contribution >= 4 is 28.7 Å². The number of hydrogen-bond acceptors (Lipinski definition) is 7. The first kappa shape index (κ1) is 13.5. The summed E-state index contributed by atoms with van der Waals surface area (Å²) in [6.07, 6.45) is 3.68. The Morgan fingerprint density at radius 2 is 1.77 bits per heavy atom. The maximum absolute atomic E-state index is 4.82. The standard InChI is InChI=1S/C15H15N5OS/c1-2-13-15(18-21-17-13)14(3-1)22-20-10-8-19(9-11-20)12-4-6-16-7-5-12/h1-7H,8-11H2. The summed E-state index contributed by atoms with van der Waals surface area (Å²) in [6.45, 7) is 4.00. The Morgan fingerprint density at radius 1 is 0.955 bits per heavy atom. The van der Waals surface area contributed by atoms with E-state index in [9.17, 15) is 0 Å². The lowest BCUT2D eigenvalue weighted by Crippen LogP contribution is -2.43. The van der Waals surface area contributed by atoms with Crippen molar-refractivity contribution in [1.82, 2.24) is 19.6 Å². The van der Waals surface area contributed by atoms with Crippen LogP contribution in [0, 0.1) is 0 Å². The van der Waals surface area contributed by atoms with Crippen molar-refractivity contribution in [2.24, 2.45) is 0 Å². The first-order valence-corrected chi connectivity index (χ1v) is 7.97. The Labute approximate surface area is 132 Å². The minimum absolute atomic E-state index is 0.806. The van der Waals surface area contributed by atoms with Gasteiger partial charge in [0.25, 0.3) is 0 Å². The number of anilines is 1. The van der Waals surface area contributed by atoms with Gasteiger partial charge in [0.05, 0.1) is 4.90 Å². The molecule has 0 saturated carbocycles. The number of benzene rings is 1. The molecular formula is C15H15N5OS. The minimum Gasteiger partial charge on any atom is -0.369 e. The molecule has 4 rings (SSSR count). The molecule has 2 aromatic heterocycles. The van der Waals surface area contributed by atoms with Crippen molar-refractivity contribution in [2.75, 3.05) is 31.1 Å². The maximum Gasteiger partial charge on any atom is 0.150 e. The number of rotatable bonds is 3. The molecule has 0 amide bonds. The summed E-state index contributed by atoms with van der Waals surface area (Å²) in [6, 6.07) is 10.1. The summed E-state index contributed by atoms with van der Waals surface area (Å²) in [4.78, 5) is 7.55. The van der Waals surface area contributed by atoms with Crippen LogP contribution in [0.1, 0.15) is 0 Å². The van der Waals surface area contributed by atoms with E-state index in [0.29, 0.717) is 0 Å². The summed E-state index contributed by atoms with van der Waals surface area (Å²) in [7, 11) is 0. The van der Waals surface area contributed by atoms with Crippen LogP contribution in [0.25, 0.3) is 11.0 Å². The van der Waals surface area contributed by atoms with E-state index in [1.807, 2.05) is 24.5 Å². The third-order valence-electron chi connectivity index (χ3n) is 3.74. The molecule has 1 aliphatic rings. The van der Waals surface area contributed by atoms with Gasteiger partial charge in [-0.2, -0.15) is 0 Å². The molecule has 0 unspecified atom stereocenters. The average Bonchev–Trinajstić information content (AvgIpc) is 3.06. The van der Waals surface area contributed by atoms with Gasteiger partial charge >= 0.3 is 0 Å². The van der Waals surface area contributed by atoms with Crippen molar-refractivity contribution in [3.05, 3.63) is 42.7 Å². The number of pyridine rings is 1. The number of hydrogen-bond donors (Lipinski definition) is 0. The zero-order valence-electron chi connectivity index (χ0n) is 11.9. The Bertz CT molecular complexity index is 755. The highest BCUT2D eigenvalue weighted by Crippen LogP contribution is 2.29. The molecule has 0 spiro atoms. The SMILES string of the molecule is c1cc(SN2CCN(c3ccncc3)CC2)c2nonc2c1. The number of nitrogens with zero attached hydrogens (tertiary/aromatic N) is 5. The Kier molecular flexibility index (Phi) is 3.65. The maximum atomic E-state index is 4.82. The van der Waals surface area contributed by atoms with Crippen LogP contribution in [0.2, 0.25) is 0 Å². The largest absolute Gasteiger partial charge is 0.369 e. The van der Waals surface area contributed by atoms with E-state index in [4.69, 9.17) is 4.63 Å².